The Bertz CT molecular complexity index is 1990. The van der Waals surface area contributed by atoms with E-state index in [0.717, 1.165) is 126 Å². The van der Waals surface area contributed by atoms with Crippen LogP contribution in [0.1, 0.15) is 201 Å². The van der Waals surface area contributed by atoms with Gasteiger partial charge in [0.05, 0.1) is 19.6 Å². The van der Waals surface area contributed by atoms with Crippen molar-refractivity contribution in [1.29, 1.82) is 0 Å². The standard InChI is InChI=1S/C45H63N6.4C4H8O.ClH.3Cu.K/c1-13-34-40-22-46-28(7)19-30(9)49-25-43-37(16-4)44-26-50-31(10)20-29(8)47-23-41(34)36(15-3)42(35(40)14-2)24-48-32(11)21-33(12)51-27-45(38(43)17-5)39(44)18-6;4*1-2-4-5-3-1;;;;;/h19-21H,13-18,22-27H2,1-12H3;4*1-4H2;1H;;;;/q-3;;;;;;4*+1/p-1/b28-19-,29-20-,33-21-,48-32?,49-30?,50-31?;;;;;;;;;. The molecule has 9 rings (SSSR count). The topological polar surface area (TPSA) is 116 Å². The third-order valence-corrected chi connectivity index (χ3v) is 14.0. The zero-order valence-corrected chi connectivity index (χ0v) is 55.8. The molecule has 4 saturated heterocycles. The predicted octanol–water partition coefficient (Wildman–Crippen LogP) is 9.19. The Morgan fingerprint density at radius 1 is 0.342 bits per heavy atom. The van der Waals surface area contributed by atoms with E-state index in [-0.39, 0.29) is 115 Å². The second-order valence-corrected chi connectivity index (χ2v) is 19.3. The average Bonchev–Trinajstić information content (AvgIpc) is 4.24. The molecule has 0 amide bonds. The number of aliphatic imine (C=N–C) groups is 3. The summed E-state index contributed by atoms with van der Waals surface area (Å²) in [7, 11) is 0. The van der Waals surface area contributed by atoms with Gasteiger partial charge in [-0.15, -0.1) is 19.6 Å². The molecule has 10 nitrogen and oxygen atoms in total. The van der Waals surface area contributed by atoms with E-state index in [4.69, 9.17) is 49.9 Å². The molecule has 0 aliphatic carbocycles. The van der Waals surface area contributed by atoms with Gasteiger partial charge in [-0.3, -0.25) is 15.0 Å². The van der Waals surface area contributed by atoms with Crippen molar-refractivity contribution in [2.24, 2.45) is 15.0 Å². The first-order chi connectivity index (χ1) is 34.5. The van der Waals surface area contributed by atoms with E-state index >= 15 is 0 Å². The van der Waals surface area contributed by atoms with Gasteiger partial charge in [-0.25, -0.2) is 0 Å². The normalized spacial score (nSPS) is 19.3. The van der Waals surface area contributed by atoms with Crippen LogP contribution in [0.3, 0.4) is 0 Å². The maximum absolute atomic E-state index is 5.21. The fraction of sp³-hybridized carbons (Fsp3) is 0.656. The number of hydrogen-bond donors (Lipinski definition) is 0. The van der Waals surface area contributed by atoms with E-state index in [1.807, 2.05) is 0 Å². The molecule has 2 aromatic rings. The fourth-order valence-electron chi connectivity index (χ4n) is 10.3. The van der Waals surface area contributed by atoms with E-state index in [2.05, 4.69) is 101 Å². The molecule has 7 aliphatic rings. The van der Waals surface area contributed by atoms with Crippen LogP contribution in [0.4, 0.5) is 0 Å². The van der Waals surface area contributed by atoms with Crippen molar-refractivity contribution in [3.8, 4) is 0 Å². The quantitative estimate of drug-likeness (QED) is 0.269. The van der Waals surface area contributed by atoms with E-state index in [9.17, 15) is 0 Å². The largest absolute Gasteiger partial charge is 1.00 e. The molecule has 0 spiro atoms. The maximum Gasteiger partial charge on any atom is 1.00 e. The molecule has 0 unspecified atom stereocenters. The third-order valence-electron chi connectivity index (χ3n) is 14.0. The van der Waals surface area contributed by atoms with Crippen LogP contribution in [0.5, 0.6) is 0 Å². The van der Waals surface area contributed by atoms with E-state index in [1.165, 1.54) is 118 Å². The molecule has 434 valence electrons. The molecule has 0 radical (unpaired) electrons. The first-order valence-corrected chi connectivity index (χ1v) is 27.8. The van der Waals surface area contributed by atoms with Crippen LogP contribution in [0, 0.1) is 0 Å². The Labute approximate surface area is 543 Å². The Hall–Kier alpha value is -0.605. The van der Waals surface area contributed by atoms with E-state index in [0.29, 0.717) is 39.3 Å². The first kappa shape index (κ1) is 77.5. The number of benzene rings is 2. The number of rotatable bonds is 6. The van der Waals surface area contributed by atoms with Crippen molar-refractivity contribution in [3.05, 3.63) is 118 Å². The van der Waals surface area contributed by atoms with Crippen molar-refractivity contribution in [1.82, 2.24) is 0 Å². The SMILES string of the molecule is C1CCOC1.C1CCOC1.C1CCOC1.C1CCOC1.CCc1c2c(CC)c3c(CC)c1CN=C(C)/C=C(/C)[N-]Cc1c(CC)c(c(CC)c(c1CC)C[N-]/C(C)=C\C(C)=NC2)CN=C(C)/C=C(/C)[N-]C3.[Cl-].[Cu+].[Cu+].[Cu+].[K+]. The summed E-state index contributed by atoms with van der Waals surface area (Å²) in [6.45, 7) is 38.2. The summed E-state index contributed by atoms with van der Waals surface area (Å²) >= 11 is 0. The smallest absolute Gasteiger partial charge is 1.00 e. The Balaban J connectivity index is 0. The summed E-state index contributed by atoms with van der Waals surface area (Å²) in [5, 5.41) is 15.6. The van der Waals surface area contributed by atoms with Gasteiger partial charge in [0.25, 0.3) is 0 Å². The van der Waals surface area contributed by atoms with Crippen molar-refractivity contribution < 1.29 is 134 Å². The molecule has 0 N–H and O–H groups in total. The van der Waals surface area contributed by atoms with Gasteiger partial charge in [0, 0.05) is 70.0 Å². The van der Waals surface area contributed by atoms with Crippen LogP contribution >= 0.6 is 0 Å². The van der Waals surface area contributed by atoms with Crippen molar-refractivity contribution in [2.75, 3.05) is 52.9 Å². The molecule has 15 heteroatoms. The Morgan fingerprint density at radius 3 is 0.697 bits per heavy atom. The minimum absolute atomic E-state index is 0. The second-order valence-electron chi connectivity index (χ2n) is 19.3. The van der Waals surface area contributed by atoms with Crippen LogP contribution in [0.25, 0.3) is 16.0 Å². The minimum Gasteiger partial charge on any atom is -1.00 e. The Kier molecular flexibility index (Phi) is 45.8. The van der Waals surface area contributed by atoms with Crippen molar-refractivity contribution in [2.45, 2.75) is 212 Å². The predicted molar refractivity (Wildman–Crippen MR) is 302 cm³/mol. The Morgan fingerprint density at radius 2 is 0.526 bits per heavy atom. The number of allylic oxidation sites excluding steroid dienone is 6. The molecular formula is C61H95ClCu3KN6O4. The molecule has 4 fully saturated rings. The summed E-state index contributed by atoms with van der Waals surface area (Å²) in [6.07, 6.45) is 22.3. The van der Waals surface area contributed by atoms with Crippen LogP contribution in [-0.2, 0) is 148 Å². The number of nitrogens with zero attached hydrogens (tertiary/aromatic N) is 6. The van der Waals surface area contributed by atoms with Gasteiger partial charge in [-0.05, 0) is 161 Å². The van der Waals surface area contributed by atoms with Gasteiger partial charge >= 0.3 is 103 Å². The van der Waals surface area contributed by atoms with Gasteiger partial charge in [0.1, 0.15) is 0 Å². The van der Waals surface area contributed by atoms with Crippen LogP contribution < -0.4 is 63.8 Å². The van der Waals surface area contributed by atoms with Gasteiger partial charge < -0.3 is 47.3 Å². The van der Waals surface area contributed by atoms with E-state index in [1.54, 1.807) is 0 Å². The zero-order valence-electron chi connectivity index (χ0n) is 49.1. The van der Waals surface area contributed by atoms with E-state index < -0.39 is 0 Å². The molecule has 76 heavy (non-hydrogen) atoms. The van der Waals surface area contributed by atoms with Gasteiger partial charge in [0.15, 0.2) is 0 Å². The summed E-state index contributed by atoms with van der Waals surface area (Å²) in [4.78, 5) is 15.6. The molecule has 2 aromatic carbocycles. The molecule has 0 atom stereocenters. The molecule has 0 aromatic heterocycles. The third kappa shape index (κ3) is 26.1. The molecule has 0 saturated carbocycles. The van der Waals surface area contributed by atoms with Gasteiger partial charge in [-0.1, -0.05) is 97.2 Å². The monoisotopic (exact) mass is 1240 g/mol. The van der Waals surface area contributed by atoms with Crippen molar-refractivity contribution >= 4 is 17.1 Å². The second kappa shape index (κ2) is 45.0. The van der Waals surface area contributed by atoms with Gasteiger partial charge in [-0.2, -0.15) is 17.1 Å². The van der Waals surface area contributed by atoms with Crippen LogP contribution in [0.2, 0.25) is 0 Å². The number of hydrogen-bond acceptors (Lipinski definition) is 7. The molecule has 6 bridgehead atoms. The van der Waals surface area contributed by atoms with Crippen LogP contribution in [-0.4, -0.2) is 70.0 Å². The zero-order chi connectivity index (χ0) is 51.4. The number of ether oxygens (including phenoxy) is 4. The summed E-state index contributed by atoms with van der Waals surface area (Å²) < 4.78 is 19.8. The molecule has 7 heterocycles. The maximum atomic E-state index is 5.21. The first-order valence-electron chi connectivity index (χ1n) is 27.8. The van der Waals surface area contributed by atoms with Crippen molar-refractivity contribution in [3.63, 3.8) is 0 Å². The summed E-state index contributed by atoms with van der Waals surface area (Å²) in [5.74, 6) is 0. The minimum atomic E-state index is 0. The average molecular weight is 1240 g/mol. The molecule has 7 aliphatic heterocycles. The van der Waals surface area contributed by atoms with Crippen LogP contribution in [0.15, 0.2) is 50.3 Å². The molecular weight excluding hydrogens is 1150 g/mol. The number of fused-ring (bicyclic) bond motifs is 12. The number of halogens is 1. The fourth-order valence-corrected chi connectivity index (χ4v) is 10.3. The summed E-state index contributed by atoms with van der Waals surface area (Å²) in [6, 6.07) is 0. The van der Waals surface area contributed by atoms with Gasteiger partial charge in [0.2, 0.25) is 0 Å². The summed E-state index contributed by atoms with van der Waals surface area (Å²) in [5.41, 5.74) is 22.4.